The van der Waals surface area contributed by atoms with E-state index in [-0.39, 0.29) is 36.5 Å². The molecule has 1 saturated heterocycles. The molecule has 2 aromatic rings. The van der Waals surface area contributed by atoms with Crippen LogP contribution in [0.15, 0.2) is 34.7 Å². The predicted octanol–water partition coefficient (Wildman–Crippen LogP) is 2.06. The van der Waals surface area contributed by atoms with Gasteiger partial charge in [0.25, 0.3) is 5.91 Å². The van der Waals surface area contributed by atoms with Crippen LogP contribution in [0, 0.1) is 12.8 Å². The molecule has 1 aromatic carbocycles. The van der Waals surface area contributed by atoms with Gasteiger partial charge in [0.2, 0.25) is 5.91 Å². The molecular weight excluding hydrogens is 404 g/mol. The highest BCUT2D eigenvalue weighted by Gasteiger charge is 2.27. The molecule has 1 aliphatic rings. The standard InChI is InChI=1S/C22H26N2O7/c1-14-19(11-18(31-14)12-29-17-5-3-16(28-2)4-6-17)22(27)30-13-20(25)24-9-7-15(8-10-24)21(23)26/h3-6,11,15H,7-10,12-13H2,1-2H3,(H2,23,26). The van der Waals surface area contributed by atoms with Crippen LogP contribution in [-0.2, 0) is 20.9 Å². The van der Waals surface area contributed by atoms with Crippen molar-refractivity contribution in [2.45, 2.75) is 26.4 Å². The van der Waals surface area contributed by atoms with Crippen LogP contribution in [-0.4, -0.2) is 49.5 Å². The first-order chi connectivity index (χ1) is 14.9. The zero-order valence-corrected chi connectivity index (χ0v) is 17.6. The zero-order chi connectivity index (χ0) is 22.4. The summed E-state index contributed by atoms with van der Waals surface area (Å²) in [6.45, 7) is 2.24. The minimum atomic E-state index is -0.641. The Morgan fingerprint density at radius 1 is 1.13 bits per heavy atom. The van der Waals surface area contributed by atoms with Gasteiger partial charge in [0, 0.05) is 19.0 Å². The fourth-order valence-corrected chi connectivity index (χ4v) is 3.35. The maximum absolute atomic E-state index is 12.4. The lowest BCUT2D eigenvalue weighted by atomic mass is 9.96. The molecule has 1 aromatic heterocycles. The number of carbonyl (C=O) groups is 3. The molecule has 2 N–H and O–H groups in total. The van der Waals surface area contributed by atoms with E-state index in [0.29, 0.717) is 43.2 Å². The number of piperidine rings is 1. The Kier molecular flexibility index (Phi) is 7.17. The largest absolute Gasteiger partial charge is 0.497 e. The molecule has 166 valence electrons. The number of carbonyl (C=O) groups excluding carboxylic acids is 3. The maximum Gasteiger partial charge on any atom is 0.342 e. The first-order valence-electron chi connectivity index (χ1n) is 9.97. The highest BCUT2D eigenvalue weighted by Crippen LogP contribution is 2.21. The quantitative estimate of drug-likeness (QED) is 0.636. The molecule has 9 nitrogen and oxygen atoms in total. The van der Waals surface area contributed by atoms with Gasteiger partial charge in [0.1, 0.15) is 35.2 Å². The second-order valence-corrected chi connectivity index (χ2v) is 7.28. The molecule has 1 fully saturated rings. The van der Waals surface area contributed by atoms with Gasteiger partial charge in [0.15, 0.2) is 6.61 Å². The number of hydrogen-bond acceptors (Lipinski definition) is 7. The summed E-state index contributed by atoms with van der Waals surface area (Å²) in [5.41, 5.74) is 5.54. The van der Waals surface area contributed by atoms with Gasteiger partial charge in [-0.3, -0.25) is 9.59 Å². The summed E-state index contributed by atoms with van der Waals surface area (Å²) in [6.07, 6.45) is 1.04. The molecule has 3 rings (SSSR count). The molecule has 0 unspecified atom stereocenters. The SMILES string of the molecule is COc1ccc(OCc2cc(C(=O)OCC(=O)N3CCC(C(N)=O)CC3)c(C)o2)cc1. The Bertz CT molecular complexity index is 928. The number of primary amides is 1. The summed E-state index contributed by atoms with van der Waals surface area (Å²) in [5, 5.41) is 0. The lowest BCUT2D eigenvalue weighted by Gasteiger charge is -2.30. The van der Waals surface area contributed by atoms with Gasteiger partial charge >= 0.3 is 5.97 Å². The number of nitrogens with two attached hydrogens (primary N) is 1. The number of methoxy groups -OCH3 is 1. The number of hydrogen-bond donors (Lipinski definition) is 1. The van der Waals surface area contributed by atoms with Crippen molar-refractivity contribution in [3.8, 4) is 11.5 Å². The average Bonchev–Trinajstić information content (AvgIpc) is 3.16. The van der Waals surface area contributed by atoms with E-state index >= 15 is 0 Å². The van der Waals surface area contributed by atoms with Crippen LogP contribution in [0.4, 0.5) is 0 Å². The van der Waals surface area contributed by atoms with Crippen LogP contribution in [0.5, 0.6) is 11.5 Å². The zero-order valence-electron chi connectivity index (χ0n) is 17.6. The third-order valence-corrected chi connectivity index (χ3v) is 5.21. The monoisotopic (exact) mass is 430 g/mol. The topological polar surface area (TPSA) is 121 Å². The van der Waals surface area contributed by atoms with Gasteiger partial charge in [-0.1, -0.05) is 0 Å². The molecule has 2 amide bonds. The normalized spacial score (nSPS) is 14.2. The Balaban J connectivity index is 1.48. The third kappa shape index (κ3) is 5.78. The van der Waals surface area contributed by atoms with Crippen molar-refractivity contribution >= 4 is 17.8 Å². The predicted molar refractivity (Wildman–Crippen MR) is 110 cm³/mol. The number of rotatable bonds is 8. The van der Waals surface area contributed by atoms with Gasteiger partial charge in [-0.05, 0) is 50.1 Å². The molecule has 9 heteroatoms. The van der Waals surface area contributed by atoms with E-state index in [1.54, 1.807) is 49.3 Å². The van der Waals surface area contributed by atoms with E-state index in [0.717, 1.165) is 5.75 Å². The summed E-state index contributed by atoms with van der Waals surface area (Å²) >= 11 is 0. The summed E-state index contributed by atoms with van der Waals surface area (Å²) in [5.74, 6) is 0.688. The smallest absolute Gasteiger partial charge is 0.342 e. The van der Waals surface area contributed by atoms with Crippen LogP contribution in [0.3, 0.4) is 0 Å². The van der Waals surface area contributed by atoms with E-state index in [1.807, 2.05) is 0 Å². The molecule has 0 radical (unpaired) electrons. The number of nitrogens with zero attached hydrogens (tertiary/aromatic N) is 1. The van der Waals surface area contributed by atoms with E-state index < -0.39 is 5.97 Å². The molecular formula is C22H26N2O7. The van der Waals surface area contributed by atoms with E-state index in [1.165, 1.54) is 0 Å². The van der Waals surface area contributed by atoms with Gasteiger partial charge in [-0.15, -0.1) is 0 Å². The summed E-state index contributed by atoms with van der Waals surface area (Å²) in [4.78, 5) is 37.5. The van der Waals surface area contributed by atoms with Gasteiger partial charge in [-0.2, -0.15) is 0 Å². The fourth-order valence-electron chi connectivity index (χ4n) is 3.35. The van der Waals surface area contributed by atoms with E-state index in [9.17, 15) is 14.4 Å². The third-order valence-electron chi connectivity index (χ3n) is 5.21. The number of aryl methyl sites for hydroxylation is 1. The van der Waals surface area contributed by atoms with E-state index in [2.05, 4.69) is 0 Å². The molecule has 2 heterocycles. The fraction of sp³-hybridized carbons (Fsp3) is 0.409. The van der Waals surface area contributed by atoms with Crippen LogP contribution in [0.25, 0.3) is 0 Å². The minimum Gasteiger partial charge on any atom is -0.497 e. The lowest BCUT2D eigenvalue weighted by molar-refractivity contribution is -0.137. The number of amides is 2. The van der Waals surface area contributed by atoms with Crippen molar-refractivity contribution in [1.29, 1.82) is 0 Å². The molecule has 31 heavy (non-hydrogen) atoms. The molecule has 0 spiro atoms. The number of benzene rings is 1. The first kappa shape index (κ1) is 22.2. The second-order valence-electron chi connectivity index (χ2n) is 7.28. The highest BCUT2D eigenvalue weighted by molar-refractivity contribution is 5.92. The second kappa shape index (κ2) is 10.0. The molecule has 0 atom stereocenters. The van der Waals surface area contributed by atoms with Crippen molar-refractivity contribution < 1.29 is 33.0 Å². The Morgan fingerprint density at radius 2 is 1.77 bits per heavy atom. The maximum atomic E-state index is 12.4. The number of furan rings is 1. The minimum absolute atomic E-state index is 0.133. The van der Waals surface area contributed by atoms with Crippen molar-refractivity contribution in [3.05, 3.63) is 47.4 Å². The number of likely N-dealkylation sites (tertiary alicyclic amines) is 1. The van der Waals surface area contributed by atoms with Gasteiger partial charge in [-0.25, -0.2) is 4.79 Å². The first-order valence-corrected chi connectivity index (χ1v) is 9.97. The Labute approximate surface area is 180 Å². The molecule has 0 bridgehead atoms. The Hall–Kier alpha value is -3.49. The summed E-state index contributed by atoms with van der Waals surface area (Å²) < 4.78 is 21.5. The average molecular weight is 430 g/mol. The van der Waals surface area contributed by atoms with Crippen LogP contribution in [0.1, 0.15) is 34.7 Å². The van der Waals surface area contributed by atoms with Crippen molar-refractivity contribution in [2.24, 2.45) is 11.7 Å². The van der Waals surface area contributed by atoms with Crippen LogP contribution < -0.4 is 15.2 Å². The summed E-state index contributed by atoms with van der Waals surface area (Å²) in [7, 11) is 1.58. The highest BCUT2D eigenvalue weighted by atomic mass is 16.5. The summed E-state index contributed by atoms with van der Waals surface area (Å²) in [6, 6.07) is 8.63. The van der Waals surface area contributed by atoms with Crippen LogP contribution in [0.2, 0.25) is 0 Å². The molecule has 0 saturated carbocycles. The Morgan fingerprint density at radius 3 is 2.39 bits per heavy atom. The van der Waals surface area contributed by atoms with Gasteiger partial charge in [0.05, 0.1) is 7.11 Å². The number of ether oxygens (including phenoxy) is 3. The van der Waals surface area contributed by atoms with Crippen LogP contribution >= 0.6 is 0 Å². The van der Waals surface area contributed by atoms with Gasteiger partial charge < -0.3 is 29.3 Å². The van der Waals surface area contributed by atoms with Crippen molar-refractivity contribution in [1.82, 2.24) is 4.90 Å². The molecule has 1 aliphatic heterocycles. The molecule has 0 aliphatic carbocycles. The van der Waals surface area contributed by atoms with Crippen molar-refractivity contribution in [2.75, 3.05) is 26.8 Å². The van der Waals surface area contributed by atoms with Crippen molar-refractivity contribution in [3.63, 3.8) is 0 Å². The van der Waals surface area contributed by atoms with E-state index in [4.69, 9.17) is 24.4 Å². The lowest BCUT2D eigenvalue weighted by Crippen LogP contribution is -2.43. The number of esters is 1.